The average Bonchev–Trinajstić information content (AvgIpc) is 2.71. The fraction of sp³-hybridized carbons (Fsp3) is 0.500. The number of halogens is 2. The van der Waals surface area contributed by atoms with Gasteiger partial charge in [0.25, 0.3) is 0 Å². The van der Waals surface area contributed by atoms with E-state index in [1.54, 1.807) is 6.92 Å². The Morgan fingerprint density at radius 2 is 2.20 bits per heavy atom. The number of hydrogen-bond donors (Lipinski definition) is 1. The van der Waals surface area contributed by atoms with Crippen LogP contribution in [0.4, 0.5) is 8.78 Å². The van der Waals surface area contributed by atoms with Crippen LogP contribution < -0.4 is 5.32 Å². The molecule has 1 nitrogen and oxygen atoms in total. The maximum absolute atomic E-state index is 13.7. The maximum atomic E-state index is 13.7. The van der Waals surface area contributed by atoms with Gasteiger partial charge in [-0.05, 0) is 50.4 Å². The summed E-state index contributed by atoms with van der Waals surface area (Å²) in [6.45, 7) is 3.50. The van der Waals surface area contributed by atoms with Gasteiger partial charge in [-0.15, -0.1) is 0 Å². The minimum Gasteiger partial charge on any atom is -0.316 e. The fourth-order valence-corrected chi connectivity index (χ4v) is 2.08. The highest BCUT2D eigenvalue weighted by atomic mass is 19.1. The molecule has 1 aliphatic heterocycles. The van der Waals surface area contributed by atoms with Crippen molar-refractivity contribution in [2.75, 3.05) is 13.1 Å². The molecule has 15 heavy (non-hydrogen) atoms. The molecule has 1 heterocycles. The van der Waals surface area contributed by atoms with E-state index < -0.39 is 5.82 Å². The minimum absolute atomic E-state index is 0.253. The second kappa shape index (κ2) is 4.27. The molecular weight excluding hydrogens is 196 g/mol. The van der Waals surface area contributed by atoms with Crippen molar-refractivity contribution in [2.45, 2.75) is 19.8 Å². The van der Waals surface area contributed by atoms with E-state index in [-0.39, 0.29) is 11.4 Å². The lowest BCUT2D eigenvalue weighted by atomic mass is 9.96. The molecule has 0 amide bonds. The van der Waals surface area contributed by atoms with Crippen molar-refractivity contribution in [1.82, 2.24) is 5.32 Å². The number of nitrogens with one attached hydrogen (secondary N) is 1. The van der Waals surface area contributed by atoms with Crippen LogP contribution in [0.25, 0.3) is 0 Å². The van der Waals surface area contributed by atoms with Gasteiger partial charge in [-0.2, -0.15) is 0 Å². The highest BCUT2D eigenvalue weighted by molar-refractivity contribution is 5.27. The van der Waals surface area contributed by atoms with Gasteiger partial charge in [-0.25, -0.2) is 8.78 Å². The van der Waals surface area contributed by atoms with Crippen LogP contribution in [0, 0.1) is 24.5 Å². The lowest BCUT2D eigenvalue weighted by Gasteiger charge is -2.11. The van der Waals surface area contributed by atoms with Gasteiger partial charge in [0.05, 0.1) is 0 Å². The third kappa shape index (κ3) is 2.17. The molecule has 3 heteroatoms. The van der Waals surface area contributed by atoms with Crippen LogP contribution in [0.3, 0.4) is 0 Å². The van der Waals surface area contributed by atoms with Crippen molar-refractivity contribution in [2.24, 2.45) is 5.92 Å². The number of hydrogen-bond acceptors (Lipinski definition) is 1. The Hall–Kier alpha value is -0.960. The first-order valence-electron chi connectivity index (χ1n) is 5.32. The highest BCUT2D eigenvalue weighted by Gasteiger charge is 2.19. The van der Waals surface area contributed by atoms with Gasteiger partial charge >= 0.3 is 0 Å². The van der Waals surface area contributed by atoms with Crippen molar-refractivity contribution in [1.29, 1.82) is 0 Å². The van der Waals surface area contributed by atoms with Crippen LogP contribution in [0.1, 0.15) is 17.5 Å². The summed E-state index contributed by atoms with van der Waals surface area (Å²) < 4.78 is 27.1. The van der Waals surface area contributed by atoms with Crippen LogP contribution in [0.5, 0.6) is 0 Å². The lowest BCUT2D eigenvalue weighted by molar-refractivity contribution is 0.503. The van der Waals surface area contributed by atoms with E-state index in [4.69, 9.17) is 0 Å². The van der Waals surface area contributed by atoms with E-state index in [0.29, 0.717) is 17.9 Å². The molecule has 0 aromatic heterocycles. The standard InChI is InChI=1S/C12H15F2N/c1-8-2-3-11(13)10(12(8)14)6-9-4-5-15-7-9/h2-3,9,15H,4-7H2,1H3. The Balaban J connectivity index is 2.22. The maximum Gasteiger partial charge on any atom is 0.132 e. The highest BCUT2D eigenvalue weighted by Crippen LogP contribution is 2.22. The first-order chi connectivity index (χ1) is 7.18. The van der Waals surface area contributed by atoms with Gasteiger partial charge in [0, 0.05) is 5.56 Å². The Morgan fingerprint density at radius 3 is 2.87 bits per heavy atom. The zero-order valence-corrected chi connectivity index (χ0v) is 8.82. The molecule has 0 aliphatic carbocycles. The predicted octanol–water partition coefficient (Wildman–Crippen LogP) is 2.43. The van der Waals surface area contributed by atoms with E-state index >= 15 is 0 Å². The van der Waals surface area contributed by atoms with E-state index in [0.717, 1.165) is 19.5 Å². The van der Waals surface area contributed by atoms with Crippen molar-refractivity contribution >= 4 is 0 Å². The van der Waals surface area contributed by atoms with E-state index in [1.165, 1.54) is 12.1 Å². The average molecular weight is 211 g/mol. The topological polar surface area (TPSA) is 12.0 Å². The van der Waals surface area contributed by atoms with Crippen molar-refractivity contribution in [3.05, 3.63) is 34.9 Å². The van der Waals surface area contributed by atoms with Gasteiger partial charge in [0.2, 0.25) is 0 Å². The SMILES string of the molecule is Cc1ccc(F)c(CC2CCNC2)c1F. The number of benzene rings is 1. The summed E-state index contributed by atoms with van der Waals surface area (Å²) in [7, 11) is 0. The molecule has 0 saturated carbocycles. The van der Waals surface area contributed by atoms with Crippen LogP contribution >= 0.6 is 0 Å². The molecule has 1 aromatic carbocycles. The molecule has 0 radical (unpaired) electrons. The van der Waals surface area contributed by atoms with Gasteiger partial charge in [0.1, 0.15) is 11.6 Å². The molecule has 1 fully saturated rings. The lowest BCUT2D eigenvalue weighted by Crippen LogP contribution is -2.12. The second-order valence-corrected chi connectivity index (χ2v) is 4.22. The third-order valence-corrected chi connectivity index (χ3v) is 3.03. The van der Waals surface area contributed by atoms with E-state index in [1.807, 2.05) is 0 Å². The molecule has 1 unspecified atom stereocenters. The molecule has 1 aliphatic rings. The predicted molar refractivity (Wildman–Crippen MR) is 55.8 cm³/mol. The van der Waals surface area contributed by atoms with Crippen molar-refractivity contribution in [3.63, 3.8) is 0 Å². The molecule has 0 spiro atoms. The first-order valence-corrected chi connectivity index (χ1v) is 5.32. The molecular formula is C12H15F2N. The molecule has 82 valence electrons. The zero-order valence-electron chi connectivity index (χ0n) is 8.82. The Labute approximate surface area is 88.5 Å². The summed E-state index contributed by atoms with van der Waals surface area (Å²) in [6.07, 6.45) is 1.51. The van der Waals surface area contributed by atoms with Gasteiger partial charge in [0.15, 0.2) is 0 Å². The van der Waals surface area contributed by atoms with Crippen LogP contribution in [-0.4, -0.2) is 13.1 Å². The fourth-order valence-electron chi connectivity index (χ4n) is 2.08. The summed E-state index contributed by atoms with van der Waals surface area (Å²) in [6, 6.07) is 2.84. The third-order valence-electron chi connectivity index (χ3n) is 3.03. The quantitative estimate of drug-likeness (QED) is 0.792. The molecule has 1 saturated heterocycles. The van der Waals surface area contributed by atoms with Crippen LogP contribution in [0.2, 0.25) is 0 Å². The molecule has 0 bridgehead atoms. The van der Waals surface area contributed by atoms with Crippen LogP contribution in [0.15, 0.2) is 12.1 Å². The van der Waals surface area contributed by atoms with Gasteiger partial charge < -0.3 is 5.32 Å². The van der Waals surface area contributed by atoms with Crippen molar-refractivity contribution in [3.8, 4) is 0 Å². The van der Waals surface area contributed by atoms with Gasteiger partial charge in [-0.3, -0.25) is 0 Å². The monoisotopic (exact) mass is 211 g/mol. The summed E-state index contributed by atoms with van der Waals surface area (Å²) in [5.74, 6) is -0.414. The normalized spacial score (nSPS) is 20.9. The minimum atomic E-state index is -0.412. The van der Waals surface area contributed by atoms with Gasteiger partial charge in [-0.1, -0.05) is 6.07 Å². The van der Waals surface area contributed by atoms with Crippen molar-refractivity contribution < 1.29 is 8.78 Å². The molecule has 1 aromatic rings. The second-order valence-electron chi connectivity index (χ2n) is 4.22. The largest absolute Gasteiger partial charge is 0.316 e. The molecule has 1 N–H and O–H groups in total. The summed E-state index contributed by atoms with van der Waals surface area (Å²) >= 11 is 0. The summed E-state index contributed by atoms with van der Waals surface area (Å²) in [4.78, 5) is 0. The van der Waals surface area contributed by atoms with E-state index in [2.05, 4.69) is 5.32 Å². The summed E-state index contributed by atoms with van der Waals surface area (Å²) in [5, 5.41) is 3.20. The summed E-state index contributed by atoms with van der Waals surface area (Å²) in [5.41, 5.74) is 0.779. The Bertz CT molecular complexity index is 357. The molecule has 2 rings (SSSR count). The smallest absolute Gasteiger partial charge is 0.132 e. The van der Waals surface area contributed by atoms with Crippen LogP contribution in [-0.2, 0) is 6.42 Å². The number of aryl methyl sites for hydroxylation is 1. The number of rotatable bonds is 2. The van der Waals surface area contributed by atoms with E-state index in [9.17, 15) is 8.78 Å². The zero-order chi connectivity index (χ0) is 10.8. The molecule has 1 atom stereocenters. The Morgan fingerprint density at radius 1 is 1.40 bits per heavy atom. The Kier molecular flexibility index (Phi) is 3.00. The first kappa shape index (κ1) is 10.6.